The van der Waals surface area contributed by atoms with Crippen LogP contribution in [0.25, 0.3) is 0 Å². The van der Waals surface area contributed by atoms with Gasteiger partial charge in [-0.15, -0.1) is 0 Å². The Morgan fingerprint density at radius 2 is 2.16 bits per heavy atom. The summed E-state index contributed by atoms with van der Waals surface area (Å²) >= 11 is 0. The molecule has 1 N–H and O–H groups in total. The summed E-state index contributed by atoms with van der Waals surface area (Å²) in [5.74, 6) is -0.0801. The number of benzene rings is 1. The average Bonchev–Trinajstić information content (AvgIpc) is 2.42. The van der Waals surface area contributed by atoms with E-state index in [4.69, 9.17) is 0 Å². The number of piperazine rings is 1. The number of rotatable bonds is 4. The maximum Gasteiger partial charge on any atom is 0.126 e. The molecule has 1 aliphatic rings. The van der Waals surface area contributed by atoms with Crippen molar-refractivity contribution in [1.82, 2.24) is 10.2 Å². The van der Waals surface area contributed by atoms with E-state index in [0.717, 1.165) is 38.0 Å². The van der Waals surface area contributed by atoms with Gasteiger partial charge in [0.15, 0.2) is 0 Å². The van der Waals surface area contributed by atoms with Crippen LogP contribution >= 0.6 is 0 Å². The zero-order valence-electron chi connectivity index (χ0n) is 12.2. The van der Waals surface area contributed by atoms with E-state index < -0.39 is 0 Å². The lowest BCUT2D eigenvalue weighted by Gasteiger charge is -2.45. The number of hydrogen-bond acceptors (Lipinski definition) is 2. The molecular weight excluding hydrogens is 239 g/mol. The van der Waals surface area contributed by atoms with Crippen LogP contribution in [0.2, 0.25) is 0 Å². The summed E-state index contributed by atoms with van der Waals surface area (Å²) in [4.78, 5) is 2.48. The first-order chi connectivity index (χ1) is 9.04. The molecule has 1 saturated heterocycles. The van der Waals surface area contributed by atoms with E-state index in [1.54, 1.807) is 12.1 Å². The Balaban J connectivity index is 1.96. The summed E-state index contributed by atoms with van der Waals surface area (Å²) in [5.41, 5.74) is 1.02. The first-order valence-corrected chi connectivity index (χ1v) is 7.26. The fourth-order valence-electron chi connectivity index (χ4n) is 2.68. The summed E-state index contributed by atoms with van der Waals surface area (Å²) in [6.07, 6.45) is 1.91. The third kappa shape index (κ3) is 3.54. The molecule has 0 radical (unpaired) electrons. The van der Waals surface area contributed by atoms with Crippen molar-refractivity contribution >= 4 is 0 Å². The predicted octanol–water partition coefficient (Wildman–Crippen LogP) is 2.83. The second-order valence-electron chi connectivity index (χ2n) is 5.96. The van der Waals surface area contributed by atoms with Gasteiger partial charge in [0.1, 0.15) is 5.82 Å². The Morgan fingerprint density at radius 3 is 2.84 bits per heavy atom. The molecule has 1 heterocycles. The van der Waals surface area contributed by atoms with E-state index >= 15 is 0 Å². The third-order valence-electron chi connectivity index (χ3n) is 4.41. The van der Waals surface area contributed by atoms with Crippen molar-refractivity contribution in [1.29, 1.82) is 0 Å². The molecule has 2 atom stereocenters. The average molecular weight is 264 g/mol. The summed E-state index contributed by atoms with van der Waals surface area (Å²) in [6, 6.07) is 7.62. The molecule has 0 spiro atoms. The van der Waals surface area contributed by atoms with E-state index in [1.165, 1.54) is 0 Å². The van der Waals surface area contributed by atoms with Crippen molar-refractivity contribution in [3.05, 3.63) is 35.6 Å². The molecule has 2 unspecified atom stereocenters. The molecule has 0 saturated carbocycles. The molecule has 2 rings (SSSR count). The van der Waals surface area contributed by atoms with Gasteiger partial charge < -0.3 is 5.32 Å². The van der Waals surface area contributed by atoms with Gasteiger partial charge in [-0.25, -0.2) is 4.39 Å². The lowest BCUT2D eigenvalue weighted by atomic mass is 9.93. The number of nitrogens with zero attached hydrogens (tertiary/aromatic N) is 1. The van der Waals surface area contributed by atoms with Crippen molar-refractivity contribution in [3.63, 3.8) is 0 Å². The van der Waals surface area contributed by atoms with E-state index in [-0.39, 0.29) is 11.4 Å². The Morgan fingerprint density at radius 1 is 1.42 bits per heavy atom. The van der Waals surface area contributed by atoms with Gasteiger partial charge in [0, 0.05) is 31.2 Å². The van der Waals surface area contributed by atoms with Gasteiger partial charge in [0.2, 0.25) is 0 Å². The van der Waals surface area contributed by atoms with Crippen LogP contribution < -0.4 is 5.32 Å². The minimum atomic E-state index is -0.0801. The van der Waals surface area contributed by atoms with Gasteiger partial charge in [-0.2, -0.15) is 0 Å². The molecule has 0 bridgehead atoms. The van der Waals surface area contributed by atoms with Gasteiger partial charge in [0.05, 0.1) is 0 Å². The highest BCUT2D eigenvalue weighted by Crippen LogP contribution is 2.19. The molecule has 0 aromatic heterocycles. The lowest BCUT2D eigenvalue weighted by Crippen LogP contribution is -2.62. The minimum absolute atomic E-state index is 0.0801. The molecule has 0 aliphatic carbocycles. The molecule has 19 heavy (non-hydrogen) atoms. The normalized spacial score (nSPS) is 28.5. The van der Waals surface area contributed by atoms with E-state index in [1.807, 2.05) is 12.1 Å². The molecule has 1 aromatic carbocycles. The van der Waals surface area contributed by atoms with Crippen molar-refractivity contribution in [2.45, 2.75) is 45.2 Å². The largest absolute Gasteiger partial charge is 0.309 e. The van der Waals surface area contributed by atoms with Crippen LogP contribution in [0.1, 0.15) is 32.8 Å². The molecule has 1 aliphatic heterocycles. The maximum absolute atomic E-state index is 13.6. The molecule has 106 valence electrons. The molecule has 0 amide bonds. The fraction of sp³-hybridized carbons (Fsp3) is 0.625. The van der Waals surface area contributed by atoms with Gasteiger partial charge in [-0.05, 0) is 38.3 Å². The zero-order valence-corrected chi connectivity index (χ0v) is 12.2. The van der Waals surface area contributed by atoms with Crippen molar-refractivity contribution < 1.29 is 4.39 Å². The fourth-order valence-corrected chi connectivity index (χ4v) is 2.68. The van der Waals surface area contributed by atoms with Gasteiger partial charge in [-0.3, -0.25) is 4.90 Å². The molecular formula is C16H25FN2. The second kappa shape index (κ2) is 6.02. The molecule has 3 heteroatoms. The van der Waals surface area contributed by atoms with Crippen LogP contribution in [-0.2, 0) is 6.42 Å². The first kappa shape index (κ1) is 14.5. The minimum Gasteiger partial charge on any atom is -0.309 e. The summed E-state index contributed by atoms with van der Waals surface area (Å²) < 4.78 is 13.6. The van der Waals surface area contributed by atoms with E-state index in [0.29, 0.717) is 6.04 Å². The highest BCUT2D eigenvalue weighted by atomic mass is 19.1. The Labute approximate surface area is 116 Å². The van der Waals surface area contributed by atoms with E-state index in [9.17, 15) is 4.39 Å². The number of halogens is 1. The first-order valence-electron chi connectivity index (χ1n) is 7.26. The Bertz CT molecular complexity index is 421. The molecule has 1 fully saturated rings. The van der Waals surface area contributed by atoms with Crippen LogP contribution in [0.5, 0.6) is 0 Å². The van der Waals surface area contributed by atoms with Crippen LogP contribution in [0.4, 0.5) is 4.39 Å². The maximum atomic E-state index is 13.6. The monoisotopic (exact) mass is 264 g/mol. The quantitative estimate of drug-likeness (QED) is 0.899. The second-order valence-corrected chi connectivity index (χ2v) is 5.96. The molecule has 2 nitrogen and oxygen atoms in total. The number of hydrogen-bond donors (Lipinski definition) is 1. The lowest BCUT2D eigenvalue weighted by molar-refractivity contribution is 0.0942. The Hall–Kier alpha value is -0.930. The molecule has 1 aromatic rings. The predicted molar refractivity (Wildman–Crippen MR) is 77.8 cm³/mol. The smallest absolute Gasteiger partial charge is 0.126 e. The van der Waals surface area contributed by atoms with Crippen LogP contribution in [-0.4, -0.2) is 36.1 Å². The number of nitrogens with one attached hydrogen (secondary N) is 1. The van der Waals surface area contributed by atoms with Crippen LogP contribution in [0.15, 0.2) is 24.3 Å². The van der Waals surface area contributed by atoms with Crippen molar-refractivity contribution in [2.75, 3.05) is 19.6 Å². The SMILES string of the molecule is CCC1(C)CN(CCc2ccccc2F)C(C)CN1. The highest BCUT2D eigenvalue weighted by Gasteiger charge is 2.32. The van der Waals surface area contributed by atoms with Crippen LogP contribution in [0.3, 0.4) is 0 Å². The van der Waals surface area contributed by atoms with E-state index in [2.05, 4.69) is 31.0 Å². The standard InChI is InChI=1S/C16H25FN2/c1-4-16(3)12-19(13(2)11-18-16)10-9-14-7-5-6-8-15(14)17/h5-8,13,18H,4,9-12H2,1-3H3. The summed E-state index contributed by atoms with van der Waals surface area (Å²) in [5, 5.41) is 3.62. The van der Waals surface area contributed by atoms with Crippen molar-refractivity contribution in [2.24, 2.45) is 0 Å². The zero-order chi connectivity index (χ0) is 13.9. The van der Waals surface area contributed by atoms with Gasteiger partial charge in [0.25, 0.3) is 0 Å². The summed E-state index contributed by atoms with van der Waals surface area (Å²) in [6.45, 7) is 9.72. The van der Waals surface area contributed by atoms with Gasteiger partial charge >= 0.3 is 0 Å². The van der Waals surface area contributed by atoms with Gasteiger partial charge in [-0.1, -0.05) is 25.1 Å². The third-order valence-corrected chi connectivity index (χ3v) is 4.41. The highest BCUT2D eigenvalue weighted by molar-refractivity contribution is 5.17. The summed E-state index contributed by atoms with van der Waals surface area (Å²) in [7, 11) is 0. The topological polar surface area (TPSA) is 15.3 Å². The Kier molecular flexibility index (Phi) is 4.58. The van der Waals surface area contributed by atoms with Crippen LogP contribution in [0, 0.1) is 5.82 Å². The van der Waals surface area contributed by atoms with Crippen molar-refractivity contribution in [3.8, 4) is 0 Å².